The zero-order valence-electron chi connectivity index (χ0n) is 11.4. The average molecular weight is 268 g/mol. The van der Waals surface area contributed by atoms with Crippen LogP contribution in [0.15, 0.2) is 4.52 Å². The maximum absolute atomic E-state index is 10.8. The van der Waals surface area contributed by atoms with E-state index in [2.05, 4.69) is 10.1 Å². The lowest BCUT2D eigenvalue weighted by Crippen LogP contribution is -2.19. The molecule has 0 amide bonds. The van der Waals surface area contributed by atoms with E-state index in [0.29, 0.717) is 24.1 Å². The molecule has 2 rings (SSSR count). The molecular formula is C13H20N2O4. The van der Waals surface area contributed by atoms with Crippen molar-refractivity contribution in [3.8, 4) is 0 Å². The number of hydrogen-bond acceptors (Lipinski definition) is 5. The predicted molar refractivity (Wildman–Crippen MR) is 66.7 cm³/mol. The summed E-state index contributed by atoms with van der Waals surface area (Å²) < 4.78 is 10.5. The number of hydrogen-bond donors (Lipinski definition) is 1. The molecular weight excluding hydrogens is 248 g/mol. The van der Waals surface area contributed by atoms with Gasteiger partial charge in [-0.05, 0) is 17.8 Å². The Bertz CT molecular complexity index is 436. The number of carbonyl (C=O) groups is 1. The summed E-state index contributed by atoms with van der Waals surface area (Å²) in [5.74, 6) is 0.863. The third-order valence-electron chi connectivity index (χ3n) is 3.26. The monoisotopic (exact) mass is 268 g/mol. The first kappa shape index (κ1) is 14.0. The van der Waals surface area contributed by atoms with Gasteiger partial charge in [-0.3, -0.25) is 4.79 Å². The van der Waals surface area contributed by atoms with Gasteiger partial charge in [0.1, 0.15) is 0 Å². The highest BCUT2D eigenvalue weighted by molar-refractivity contribution is 5.67. The Morgan fingerprint density at radius 2 is 2.32 bits per heavy atom. The van der Waals surface area contributed by atoms with Crippen molar-refractivity contribution in [3.63, 3.8) is 0 Å². The lowest BCUT2D eigenvalue weighted by atomic mass is 9.86. The summed E-state index contributed by atoms with van der Waals surface area (Å²) in [6.07, 6.45) is 2.37. The Labute approximate surface area is 112 Å². The van der Waals surface area contributed by atoms with Gasteiger partial charge in [-0.2, -0.15) is 4.98 Å². The molecule has 0 bridgehead atoms. The van der Waals surface area contributed by atoms with Gasteiger partial charge in [0.25, 0.3) is 0 Å². The third kappa shape index (κ3) is 4.31. The smallest absolute Gasteiger partial charge is 0.303 e. The zero-order valence-corrected chi connectivity index (χ0v) is 11.4. The highest BCUT2D eigenvalue weighted by Crippen LogP contribution is 2.25. The molecule has 1 unspecified atom stereocenters. The largest absolute Gasteiger partial charge is 0.481 e. The Morgan fingerprint density at radius 1 is 1.53 bits per heavy atom. The van der Waals surface area contributed by atoms with Crippen LogP contribution >= 0.6 is 0 Å². The second-order valence-electron chi connectivity index (χ2n) is 5.95. The fourth-order valence-electron chi connectivity index (χ4n) is 2.33. The lowest BCUT2D eigenvalue weighted by Gasteiger charge is -2.19. The Kier molecular flexibility index (Phi) is 4.19. The fraction of sp³-hybridized carbons (Fsp3) is 0.769. The van der Waals surface area contributed by atoms with Gasteiger partial charge >= 0.3 is 5.97 Å². The van der Waals surface area contributed by atoms with Crippen LogP contribution in [0.1, 0.15) is 38.4 Å². The lowest BCUT2D eigenvalue weighted by molar-refractivity contribution is -0.139. The van der Waals surface area contributed by atoms with E-state index >= 15 is 0 Å². The zero-order chi connectivity index (χ0) is 13.9. The molecule has 0 spiro atoms. The van der Waals surface area contributed by atoms with E-state index in [1.165, 1.54) is 0 Å². The molecule has 1 aliphatic rings. The first-order valence-electron chi connectivity index (χ1n) is 6.56. The second-order valence-corrected chi connectivity index (χ2v) is 5.95. The van der Waals surface area contributed by atoms with Crippen LogP contribution in [0.3, 0.4) is 0 Å². The van der Waals surface area contributed by atoms with Gasteiger partial charge < -0.3 is 14.4 Å². The van der Waals surface area contributed by atoms with Crippen molar-refractivity contribution in [2.45, 2.75) is 39.5 Å². The molecule has 1 fully saturated rings. The third-order valence-corrected chi connectivity index (χ3v) is 3.26. The van der Waals surface area contributed by atoms with Crippen molar-refractivity contribution < 1.29 is 19.2 Å². The minimum absolute atomic E-state index is 0.0845. The number of carboxylic acids is 1. The van der Waals surface area contributed by atoms with Crippen molar-refractivity contribution >= 4 is 5.97 Å². The summed E-state index contributed by atoms with van der Waals surface area (Å²) in [6, 6.07) is 0. The van der Waals surface area contributed by atoms with Gasteiger partial charge in [0.05, 0.1) is 6.42 Å². The summed E-state index contributed by atoms with van der Waals surface area (Å²) in [4.78, 5) is 15.1. The van der Waals surface area contributed by atoms with Gasteiger partial charge in [0.15, 0.2) is 5.82 Å². The first-order valence-corrected chi connectivity index (χ1v) is 6.56. The average Bonchev–Trinajstić information content (AvgIpc) is 2.88. The molecule has 1 aromatic rings. The quantitative estimate of drug-likeness (QED) is 0.845. The van der Waals surface area contributed by atoms with Crippen molar-refractivity contribution in [2.24, 2.45) is 11.3 Å². The fourth-order valence-corrected chi connectivity index (χ4v) is 2.33. The minimum Gasteiger partial charge on any atom is -0.481 e. The number of rotatable bonds is 6. The summed E-state index contributed by atoms with van der Waals surface area (Å²) >= 11 is 0. The number of aliphatic carboxylic acids is 1. The van der Waals surface area contributed by atoms with E-state index in [-0.39, 0.29) is 11.8 Å². The predicted octanol–water partition coefficient (Wildman–Crippen LogP) is 1.69. The standard InChI is InChI=1S/C13H20N2O4/c1-13(2,7-12(16)17)6-11-14-10(15-19-11)5-9-3-4-18-8-9/h9H,3-8H2,1-2H3,(H,16,17). The molecule has 1 atom stereocenters. The highest BCUT2D eigenvalue weighted by atomic mass is 16.5. The molecule has 1 saturated heterocycles. The van der Waals surface area contributed by atoms with E-state index in [0.717, 1.165) is 26.1 Å². The number of nitrogens with zero attached hydrogens (tertiary/aromatic N) is 2. The number of carboxylic acid groups (broad SMARTS) is 1. The van der Waals surface area contributed by atoms with Crippen LogP contribution in [-0.4, -0.2) is 34.4 Å². The first-order chi connectivity index (χ1) is 8.94. The van der Waals surface area contributed by atoms with Gasteiger partial charge in [0.2, 0.25) is 5.89 Å². The Hall–Kier alpha value is -1.43. The van der Waals surface area contributed by atoms with E-state index < -0.39 is 5.97 Å². The normalized spacial score (nSPS) is 19.8. The summed E-state index contributed by atoms with van der Waals surface area (Å²) in [5, 5.41) is 12.8. The van der Waals surface area contributed by atoms with E-state index in [9.17, 15) is 4.79 Å². The molecule has 1 N–H and O–H groups in total. The van der Waals surface area contributed by atoms with Gasteiger partial charge in [-0.1, -0.05) is 19.0 Å². The summed E-state index contributed by atoms with van der Waals surface area (Å²) in [6.45, 7) is 5.33. The van der Waals surface area contributed by atoms with Crippen LogP contribution in [0, 0.1) is 11.3 Å². The molecule has 0 saturated carbocycles. The SMILES string of the molecule is CC(C)(CC(=O)O)Cc1nc(CC2CCOC2)no1. The van der Waals surface area contributed by atoms with Crippen LogP contribution in [0.25, 0.3) is 0 Å². The molecule has 0 aromatic carbocycles. The Balaban J connectivity index is 1.91. The molecule has 6 nitrogen and oxygen atoms in total. The van der Waals surface area contributed by atoms with E-state index in [4.69, 9.17) is 14.4 Å². The van der Waals surface area contributed by atoms with Crippen LogP contribution in [0.5, 0.6) is 0 Å². The summed E-state index contributed by atoms with van der Waals surface area (Å²) in [7, 11) is 0. The van der Waals surface area contributed by atoms with Crippen molar-refractivity contribution in [1.82, 2.24) is 10.1 Å². The molecule has 1 aromatic heterocycles. The topological polar surface area (TPSA) is 85.5 Å². The maximum Gasteiger partial charge on any atom is 0.303 e. The van der Waals surface area contributed by atoms with E-state index in [1.54, 1.807) is 0 Å². The molecule has 2 heterocycles. The van der Waals surface area contributed by atoms with Crippen molar-refractivity contribution in [1.29, 1.82) is 0 Å². The van der Waals surface area contributed by atoms with Crippen molar-refractivity contribution in [3.05, 3.63) is 11.7 Å². The molecule has 6 heteroatoms. The van der Waals surface area contributed by atoms with Crippen LogP contribution in [0.4, 0.5) is 0 Å². The van der Waals surface area contributed by atoms with E-state index in [1.807, 2.05) is 13.8 Å². The Morgan fingerprint density at radius 3 is 2.95 bits per heavy atom. The summed E-state index contributed by atoms with van der Waals surface area (Å²) in [5.41, 5.74) is -0.383. The number of ether oxygens (including phenoxy) is 1. The molecule has 19 heavy (non-hydrogen) atoms. The van der Waals surface area contributed by atoms with Gasteiger partial charge in [-0.25, -0.2) is 0 Å². The molecule has 0 aliphatic carbocycles. The second kappa shape index (κ2) is 5.69. The molecule has 1 aliphatic heterocycles. The highest BCUT2D eigenvalue weighted by Gasteiger charge is 2.26. The van der Waals surface area contributed by atoms with Crippen LogP contribution in [0.2, 0.25) is 0 Å². The maximum atomic E-state index is 10.8. The van der Waals surface area contributed by atoms with Gasteiger partial charge in [0, 0.05) is 26.1 Å². The minimum atomic E-state index is -0.812. The molecule has 0 radical (unpaired) electrons. The van der Waals surface area contributed by atoms with Crippen LogP contribution in [-0.2, 0) is 22.4 Å². The van der Waals surface area contributed by atoms with Crippen LogP contribution < -0.4 is 0 Å². The van der Waals surface area contributed by atoms with Gasteiger partial charge in [-0.15, -0.1) is 0 Å². The molecule has 106 valence electrons. The van der Waals surface area contributed by atoms with Crippen molar-refractivity contribution in [2.75, 3.05) is 13.2 Å². The number of aromatic nitrogens is 2.